The normalized spacial score (nSPS) is 11.1. The molecule has 0 spiro atoms. The van der Waals surface area contributed by atoms with E-state index in [0.29, 0.717) is 16.1 Å². The van der Waals surface area contributed by atoms with Crippen molar-refractivity contribution in [2.24, 2.45) is 0 Å². The second kappa shape index (κ2) is 6.69. The van der Waals surface area contributed by atoms with Gasteiger partial charge in [-0.15, -0.1) is 0 Å². The molecule has 1 amide bonds. The second-order valence-electron chi connectivity index (χ2n) is 5.99. The molecule has 0 unspecified atom stereocenters. The maximum Gasteiger partial charge on any atom is 0.419 e. The summed E-state index contributed by atoms with van der Waals surface area (Å²) in [6.45, 7) is 0.214. The Labute approximate surface area is 153 Å². The number of aryl methyl sites for hydroxylation is 1. The van der Waals surface area contributed by atoms with E-state index < -0.39 is 5.76 Å². The van der Waals surface area contributed by atoms with Gasteiger partial charge < -0.3 is 9.73 Å². The molecule has 0 bridgehead atoms. The van der Waals surface area contributed by atoms with Gasteiger partial charge in [0.1, 0.15) is 0 Å². The van der Waals surface area contributed by atoms with Crippen LogP contribution in [0.2, 0.25) is 5.02 Å². The van der Waals surface area contributed by atoms with E-state index in [0.717, 1.165) is 16.5 Å². The fourth-order valence-corrected chi connectivity index (χ4v) is 3.12. The molecule has 0 saturated carbocycles. The summed E-state index contributed by atoms with van der Waals surface area (Å²) in [4.78, 5) is 24.3. The maximum atomic E-state index is 12.3. The molecule has 26 heavy (non-hydrogen) atoms. The number of amides is 1. The highest BCUT2D eigenvalue weighted by Gasteiger charge is 2.11. The van der Waals surface area contributed by atoms with Crippen LogP contribution in [0, 0.1) is 0 Å². The van der Waals surface area contributed by atoms with Gasteiger partial charge in [-0.2, -0.15) is 0 Å². The van der Waals surface area contributed by atoms with Crippen LogP contribution < -0.4 is 11.1 Å². The van der Waals surface area contributed by atoms with E-state index in [1.54, 1.807) is 18.2 Å². The Morgan fingerprint density at radius 3 is 2.69 bits per heavy atom. The van der Waals surface area contributed by atoms with Gasteiger partial charge in [-0.1, -0.05) is 41.9 Å². The highest BCUT2D eigenvalue weighted by molar-refractivity contribution is 6.31. The van der Waals surface area contributed by atoms with Crippen LogP contribution in [0.3, 0.4) is 0 Å². The molecule has 0 aliphatic heterocycles. The molecule has 4 aromatic rings. The van der Waals surface area contributed by atoms with Crippen LogP contribution >= 0.6 is 11.6 Å². The summed E-state index contributed by atoms with van der Waals surface area (Å²) in [6, 6.07) is 18.6. The van der Waals surface area contributed by atoms with Crippen LogP contribution in [0.1, 0.15) is 6.42 Å². The summed E-state index contributed by atoms with van der Waals surface area (Å²) >= 11 is 5.98. The first kappa shape index (κ1) is 16.4. The smallest absolute Gasteiger partial charge is 0.408 e. The Kier molecular flexibility index (Phi) is 4.22. The Balaban J connectivity index is 1.49. The predicted molar refractivity (Wildman–Crippen MR) is 103 cm³/mol. The lowest BCUT2D eigenvalue weighted by Crippen LogP contribution is -2.19. The summed E-state index contributed by atoms with van der Waals surface area (Å²) < 4.78 is 6.59. The van der Waals surface area contributed by atoms with Crippen LogP contribution in [0.4, 0.5) is 5.69 Å². The van der Waals surface area contributed by atoms with E-state index in [1.807, 2.05) is 42.5 Å². The first-order chi connectivity index (χ1) is 12.6. The molecule has 1 heterocycles. The SMILES string of the molecule is O=C(CCn1c(=O)oc2ccc(Cl)cc21)Nc1ccc2ccccc2c1. The highest BCUT2D eigenvalue weighted by atomic mass is 35.5. The zero-order chi connectivity index (χ0) is 18.1. The molecular weight excluding hydrogens is 352 g/mol. The van der Waals surface area contributed by atoms with Crippen molar-refractivity contribution in [2.45, 2.75) is 13.0 Å². The number of hydrogen-bond donors (Lipinski definition) is 1. The van der Waals surface area contributed by atoms with Crippen molar-refractivity contribution >= 4 is 45.1 Å². The third-order valence-corrected chi connectivity index (χ3v) is 4.46. The van der Waals surface area contributed by atoms with Crippen molar-refractivity contribution < 1.29 is 9.21 Å². The fourth-order valence-electron chi connectivity index (χ4n) is 2.95. The van der Waals surface area contributed by atoms with Crippen LogP contribution in [-0.2, 0) is 11.3 Å². The van der Waals surface area contributed by atoms with Gasteiger partial charge in [-0.3, -0.25) is 9.36 Å². The fraction of sp³-hybridized carbons (Fsp3) is 0.100. The minimum atomic E-state index is -0.499. The van der Waals surface area contributed by atoms with Crippen molar-refractivity contribution in [3.05, 3.63) is 76.2 Å². The topological polar surface area (TPSA) is 64.2 Å². The number of halogens is 1. The largest absolute Gasteiger partial charge is 0.419 e. The van der Waals surface area contributed by atoms with Gasteiger partial charge in [0.15, 0.2) is 5.58 Å². The molecule has 0 radical (unpaired) electrons. The zero-order valence-electron chi connectivity index (χ0n) is 13.7. The number of nitrogens with zero attached hydrogens (tertiary/aromatic N) is 1. The Bertz CT molecular complexity index is 1180. The molecule has 0 saturated heterocycles. The molecule has 5 nitrogen and oxygen atoms in total. The number of rotatable bonds is 4. The number of benzene rings is 3. The standard InChI is InChI=1S/C20H15ClN2O3/c21-15-6-8-18-17(12-15)23(20(25)26-18)10-9-19(24)22-16-7-5-13-3-1-2-4-14(13)11-16/h1-8,11-12H,9-10H2,(H,22,24). The van der Waals surface area contributed by atoms with E-state index in [1.165, 1.54) is 4.57 Å². The Morgan fingerprint density at radius 2 is 1.85 bits per heavy atom. The van der Waals surface area contributed by atoms with Crippen molar-refractivity contribution in [3.8, 4) is 0 Å². The lowest BCUT2D eigenvalue weighted by molar-refractivity contribution is -0.116. The molecule has 3 aromatic carbocycles. The number of nitrogens with one attached hydrogen (secondary N) is 1. The number of oxazole rings is 1. The average molecular weight is 367 g/mol. The van der Waals surface area contributed by atoms with Gasteiger partial charge in [-0.05, 0) is 41.1 Å². The van der Waals surface area contributed by atoms with Crippen molar-refractivity contribution in [1.82, 2.24) is 4.57 Å². The van der Waals surface area contributed by atoms with Gasteiger partial charge in [0, 0.05) is 23.7 Å². The monoisotopic (exact) mass is 366 g/mol. The molecule has 0 fully saturated rings. The number of hydrogen-bond acceptors (Lipinski definition) is 3. The zero-order valence-corrected chi connectivity index (χ0v) is 14.5. The quantitative estimate of drug-likeness (QED) is 0.581. The van der Waals surface area contributed by atoms with Gasteiger partial charge >= 0.3 is 5.76 Å². The summed E-state index contributed by atoms with van der Waals surface area (Å²) in [6.07, 6.45) is 0.147. The van der Waals surface area contributed by atoms with Crippen molar-refractivity contribution in [3.63, 3.8) is 0 Å². The van der Waals surface area contributed by atoms with E-state index in [4.69, 9.17) is 16.0 Å². The summed E-state index contributed by atoms with van der Waals surface area (Å²) in [5.41, 5.74) is 1.76. The molecule has 0 aliphatic carbocycles. The highest BCUT2D eigenvalue weighted by Crippen LogP contribution is 2.20. The maximum absolute atomic E-state index is 12.3. The van der Waals surface area contributed by atoms with Crippen LogP contribution in [0.5, 0.6) is 0 Å². The molecule has 130 valence electrons. The Morgan fingerprint density at radius 1 is 1.04 bits per heavy atom. The Hall–Kier alpha value is -3.05. The summed E-state index contributed by atoms with van der Waals surface area (Å²) in [5, 5.41) is 5.53. The third kappa shape index (κ3) is 3.21. The third-order valence-electron chi connectivity index (χ3n) is 4.23. The first-order valence-electron chi connectivity index (χ1n) is 8.18. The number of fused-ring (bicyclic) bond motifs is 2. The van der Waals surface area contributed by atoms with E-state index in [9.17, 15) is 9.59 Å². The first-order valence-corrected chi connectivity index (χ1v) is 8.55. The number of carbonyl (C=O) groups excluding carboxylic acids is 1. The van der Waals surface area contributed by atoms with E-state index >= 15 is 0 Å². The van der Waals surface area contributed by atoms with Crippen LogP contribution in [-0.4, -0.2) is 10.5 Å². The predicted octanol–water partition coefficient (Wildman–Crippen LogP) is 4.43. The number of aromatic nitrogens is 1. The average Bonchev–Trinajstić information content (AvgIpc) is 2.94. The molecule has 6 heteroatoms. The van der Waals surface area contributed by atoms with Gasteiger partial charge in [-0.25, -0.2) is 4.79 Å². The van der Waals surface area contributed by atoms with Crippen molar-refractivity contribution in [2.75, 3.05) is 5.32 Å². The molecule has 1 aromatic heterocycles. The molecule has 4 rings (SSSR count). The van der Waals surface area contributed by atoms with Crippen molar-refractivity contribution in [1.29, 1.82) is 0 Å². The lowest BCUT2D eigenvalue weighted by atomic mass is 10.1. The van der Waals surface area contributed by atoms with Crippen LogP contribution in [0.25, 0.3) is 21.9 Å². The number of anilines is 1. The molecular formula is C20H15ClN2O3. The molecule has 0 atom stereocenters. The van der Waals surface area contributed by atoms with Gasteiger partial charge in [0.2, 0.25) is 5.91 Å². The van der Waals surface area contributed by atoms with Gasteiger partial charge in [0.05, 0.1) is 5.52 Å². The second-order valence-corrected chi connectivity index (χ2v) is 6.43. The molecule has 1 N–H and O–H groups in total. The van der Waals surface area contributed by atoms with E-state index in [-0.39, 0.29) is 18.9 Å². The number of carbonyl (C=O) groups is 1. The van der Waals surface area contributed by atoms with Crippen LogP contribution in [0.15, 0.2) is 69.9 Å². The molecule has 0 aliphatic rings. The minimum Gasteiger partial charge on any atom is -0.408 e. The summed E-state index contributed by atoms with van der Waals surface area (Å²) in [7, 11) is 0. The lowest BCUT2D eigenvalue weighted by Gasteiger charge is -2.07. The van der Waals surface area contributed by atoms with Gasteiger partial charge in [0.25, 0.3) is 0 Å². The summed E-state index contributed by atoms with van der Waals surface area (Å²) in [5.74, 6) is -0.677. The minimum absolute atomic E-state index is 0.147. The van der Waals surface area contributed by atoms with E-state index in [2.05, 4.69) is 5.32 Å².